The number of nitrogens with zero attached hydrogens (tertiary/aromatic N) is 1. The highest BCUT2D eigenvalue weighted by Crippen LogP contribution is 2.39. The molecule has 1 saturated carbocycles. The summed E-state index contributed by atoms with van der Waals surface area (Å²) in [6, 6.07) is 8.95. The lowest BCUT2D eigenvalue weighted by molar-refractivity contribution is 0.105. The van der Waals surface area contributed by atoms with Gasteiger partial charge in [0.1, 0.15) is 0 Å². The predicted octanol–water partition coefficient (Wildman–Crippen LogP) is 3.67. The van der Waals surface area contributed by atoms with E-state index in [9.17, 15) is 4.79 Å². The standard InChI is InChI=1S/C15H21NO2/c1-10(2)11-4-6-12(7-5-11)13-8-14(9-13)16(3)15(17)18/h4-7,10,13-14H,8-9H2,1-3H3,(H,17,18). The van der Waals surface area contributed by atoms with Crippen molar-refractivity contribution in [2.75, 3.05) is 7.05 Å². The largest absolute Gasteiger partial charge is 0.465 e. The highest BCUT2D eigenvalue weighted by molar-refractivity contribution is 5.65. The van der Waals surface area contributed by atoms with Crippen molar-refractivity contribution in [1.82, 2.24) is 4.90 Å². The Bertz CT molecular complexity index is 419. The first kappa shape index (κ1) is 12.9. The van der Waals surface area contributed by atoms with E-state index in [1.807, 2.05) is 0 Å². The van der Waals surface area contributed by atoms with Gasteiger partial charge in [-0.05, 0) is 35.8 Å². The lowest BCUT2D eigenvalue weighted by Gasteiger charge is -2.40. The van der Waals surface area contributed by atoms with Crippen molar-refractivity contribution >= 4 is 6.09 Å². The lowest BCUT2D eigenvalue weighted by Crippen LogP contribution is -2.44. The molecule has 1 fully saturated rings. The van der Waals surface area contributed by atoms with Crippen LogP contribution < -0.4 is 0 Å². The molecular formula is C15H21NO2. The number of benzene rings is 1. The first-order chi connectivity index (χ1) is 8.49. The number of amides is 1. The van der Waals surface area contributed by atoms with Gasteiger partial charge in [0.15, 0.2) is 0 Å². The van der Waals surface area contributed by atoms with Crippen LogP contribution in [0.15, 0.2) is 24.3 Å². The third-order valence-electron chi connectivity index (χ3n) is 4.04. The minimum Gasteiger partial charge on any atom is -0.465 e. The minimum atomic E-state index is -0.825. The molecule has 0 aliphatic heterocycles. The summed E-state index contributed by atoms with van der Waals surface area (Å²) in [4.78, 5) is 12.3. The number of hydrogen-bond acceptors (Lipinski definition) is 1. The Kier molecular flexibility index (Phi) is 3.60. The van der Waals surface area contributed by atoms with E-state index in [1.165, 1.54) is 16.0 Å². The molecule has 18 heavy (non-hydrogen) atoms. The van der Waals surface area contributed by atoms with Gasteiger partial charge in [-0.25, -0.2) is 4.79 Å². The molecule has 0 unspecified atom stereocenters. The van der Waals surface area contributed by atoms with Crippen LogP contribution in [0.4, 0.5) is 4.79 Å². The maximum atomic E-state index is 10.8. The van der Waals surface area contributed by atoms with Gasteiger partial charge in [0.25, 0.3) is 0 Å². The quantitative estimate of drug-likeness (QED) is 0.885. The van der Waals surface area contributed by atoms with Crippen molar-refractivity contribution < 1.29 is 9.90 Å². The van der Waals surface area contributed by atoms with Crippen LogP contribution in [0.5, 0.6) is 0 Å². The highest BCUT2D eigenvalue weighted by Gasteiger charge is 2.34. The normalized spacial score (nSPS) is 22.7. The van der Waals surface area contributed by atoms with E-state index < -0.39 is 6.09 Å². The molecule has 3 nitrogen and oxygen atoms in total. The van der Waals surface area contributed by atoms with Gasteiger partial charge in [0.2, 0.25) is 0 Å². The van der Waals surface area contributed by atoms with Crippen molar-refractivity contribution in [2.24, 2.45) is 0 Å². The van der Waals surface area contributed by atoms with E-state index in [2.05, 4.69) is 38.1 Å². The molecule has 0 aromatic heterocycles. The molecular weight excluding hydrogens is 226 g/mol. The summed E-state index contributed by atoms with van der Waals surface area (Å²) in [6.45, 7) is 4.38. The molecule has 98 valence electrons. The fourth-order valence-corrected chi connectivity index (χ4v) is 2.49. The van der Waals surface area contributed by atoms with Crippen molar-refractivity contribution in [3.05, 3.63) is 35.4 Å². The summed E-state index contributed by atoms with van der Waals surface area (Å²) in [6.07, 6.45) is 1.07. The minimum absolute atomic E-state index is 0.192. The summed E-state index contributed by atoms with van der Waals surface area (Å²) in [7, 11) is 1.66. The van der Waals surface area contributed by atoms with E-state index in [0.717, 1.165) is 12.8 Å². The number of carboxylic acid groups (broad SMARTS) is 1. The third-order valence-corrected chi connectivity index (χ3v) is 4.04. The van der Waals surface area contributed by atoms with Gasteiger partial charge >= 0.3 is 6.09 Å². The number of carbonyl (C=O) groups is 1. The Hall–Kier alpha value is -1.51. The highest BCUT2D eigenvalue weighted by atomic mass is 16.4. The Morgan fingerprint density at radius 3 is 2.28 bits per heavy atom. The molecule has 0 spiro atoms. The van der Waals surface area contributed by atoms with Gasteiger partial charge in [-0.3, -0.25) is 0 Å². The Balaban J connectivity index is 1.94. The fraction of sp³-hybridized carbons (Fsp3) is 0.533. The lowest BCUT2D eigenvalue weighted by atomic mass is 9.75. The second-order valence-corrected chi connectivity index (χ2v) is 5.54. The monoisotopic (exact) mass is 247 g/mol. The van der Waals surface area contributed by atoms with Gasteiger partial charge in [-0.15, -0.1) is 0 Å². The Morgan fingerprint density at radius 1 is 1.28 bits per heavy atom. The first-order valence-electron chi connectivity index (χ1n) is 6.54. The van der Waals surface area contributed by atoms with E-state index in [0.29, 0.717) is 11.8 Å². The topological polar surface area (TPSA) is 40.5 Å². The Morgan fingerprint density at radius 2 is 1.83 bits per heavy atom. The molecule has 0 radical (unpaired) electrons. The Labute approximate surface area is 108 Å². The van der Waals surface area contributed by atoms with Crippen LogP contribution in [0.25, 0.3) is 0 Å². The summed E-state index contributed by atoms with van der Waals surface area (Å²) < 4.78 is 0. The van der Waals surface area contributed by atoms with E-state index in [1.54, 1.807) is 7.05 Å². The van der Waals surface area contributed by atoms with Gasteiger partial charge in [-0.2, -0.15) is 0 Å². The second kappa shape index (κ2) is 5.01. The molecule has 0 atom stereocenters. The average molecular weight is 247 g/mol. The van der Waals surface area contributed by atoms with E-state index in [-0.39, 0.29) is 6.04 Å². The smallest absolute Gasteiger partial charge is 0.407 e. The fourth-order valence-electron chi connectivity index (χ4n) is 2.49. The zero-order valence-electron chi connectivity index (χ0n) is 11.3. The predicted molar refractivity (Wildman–Crippen MR) is 72.1 cm³/mol. The zero-order valence-corrected chi connectivity index (χ0v) is 11.3. The summed E-state index contributed by atoms with van der Waals surface area (Å²) >= 11 is 0. The molecule has 1 aliphatic rings. The van der Waals surface area contributed by atoms with E-state index in [4.69, 9.17) is 5.11 Å². The zero-order chi connectivity index (χ0) is 13.3. The maximum absolute atomic E-state index is 10.8. The van der Waals surface area contributed by atoms with Crippen molar-refractivity contribution in [3.8, 4) is 0 Å². The summed E-state index contributed by atoms with van der Waals surface area (Å²) in [5.41, 5.74) is 2.70. The second-order valence-electron chi connectivity index (χ2n) is 5.54. The molecule has 1 N–H and O–H groups in total. The molecule has 1 aromatic rings. The van der Waals surface area contributed by atoms with Crippen molar-refractivity contribution in [3.63, 3.8) is 0 Å². The van der Waals surface area contributed by atoms with E-state index >= 15 is 0 Å². The van der Waals surface area contributed by atoms with Gasteiger partial charge < -0.3 is 10.0 Å². The van der Waals surface area contributed by atoms with Crippen LogP contribution in [-0.4, -0.2) is 29.2 Å². The molecule has 0 bridgehead atoms. The van der Waals surface area contributed by atoms with Gasteiger partial charge in [-0.1, -0.05) is 38.1 Å². The van der Waals surface area contributed by atoms with Crippen LogP contribution in [0, 0.1) is 0 Å². The first-order valence-corrected chi connectivity index (χ1v) is 6.54. The maximum Gasteiger partial charge on any atom is 0.407 e. The van der Waals surface area contributed by atoms with Crippen LogP contribution in [0.3, 0.4) is 0 Å². The molecule has 1 aliphatic carbocycles. The van der Waals surface area contributed by atoms with Crippen LogP contribution in [0.2, 0.25) is 0 Å². The van der Waals surface area contributed by atoms with Gasteiger partial charge in [0, 0.05) is 13.1 Å². The molecule has 3 heteroatoms. The third kappa shape index (κ3) is 2.50. The van der Waals surface area contributed by atoms with Crippen LogP contribution in [0.1, 0.15) is 49.7 Å². The van der Waals surface area contributed by atoms with Crippen molar-refractivity contribution in [2.45, 2.75) is 44.6 Å². The number of hydrogen-bond donors (Lipinski definition) is 1. The number of rotatable bonds is 3. The van der Waals surface area contributed by atoms with Crippen LogP contribution in [-0.2, 0) is 0 Å². The molecule has 2 rings (SSSR count). The summed E-state index contributed by atoms with van der Waals surface area (Å²) in [5.74, 6) is 1.09. The van der Waals surface area contributed by atoms with Crippen LogP contribution >= 0.6 is 0 Å². The molecule has 1 amide bonds. The van der Waals surface area contributed by atoms with Gasteiger partial charge in [0.05, 0.1) is 0 Å². The summed E-state index contributed by atoms with van der Waals surface area (Å²) in [5, 5.41) is 8.90. The molecule has 1 aromatic carbocycles. The SMILES string of the molecule is CC(C)c1ccc(C2CC(N(C)C(=O)O)C2)cc1. The molecule has 0 heterocycles. The van der Waals surface area contributed by atoms with Crippen molar-refractivity contribution in [1.29, 1.82) is 0 Å². The average Bonchev–Trinajstić information content (AvgIpc) is 2.27. The molecule has 0 saturated heterocycles.